The van der Waals surface area contributed by atoms with Crippen molar-refractivity contribution in [2.75, 3.05) is 5.32 Å². The van der Waals surface area contributed by atoms with Crippen molar-refractivity contribution in [2.45, 2.75) is 19.8 Å². The highest BCUT2D eigenvalue weighted by molar-refractivity contribution is 7.07. The lowest BCUT2D eigenvalue weighted by Gasteiger charge is -2.04. The number of carbonyl (C=O) groups excluding carboxylic acids is 1. The molecule has 0 aliphatic heterocycles. The molecule has 0 unspecified atom stereocenters. The summed E-state index contributed by atoms with van der Waals surface area (Å²) in [4.78, 5) is 11.7. The van der Waals surface area contributed by atoms with Gasteiger partial charge < -0.3 is 5.32 Å². The third-order valence-corrected chi connectivity index (χ3v) is 3.22. The van der Waals surface area contributed by atoms with Crippen LogP contribution in [-0.2, 0) is 18.3 Å². The number of thiophene rings is 1. The van der Waals surface area contributed by atoms with Gasteiger partial charge in [0, 0.05) is 19.5 Å². The highest BCUT2D eigenvalue weighted by atomic mass is 32.1. The van der Waals surface area contributed by atoms with Crippen LogP contribution in [0.1, 0.15) is 17.7 Å². The van der Waals surface area contributed by atoms with Gasteiger partial charge in [0.2, 0.25) is 5.91 Å². The van der Waals surface area contributed by atoms with E-state index < -0.39 is 0 Å². The first-order valence-electron chi connectivity index (χ1n) is 5.47. The van der Waals surface area contributed by atoms with Gasteiger partial charge in [0.05, 0.1) is 5.69 Å². The van der Waals surface area contributed by atoms with E-state index in [2.05, 4.69) is 15.8 Å². The summed E-state index contributed by atoms with van der Waals surface area (Å²) in [5.41, 5.74) is 2.12. The van der Waals surface area contributed by atoms with Gasteiger partial charge in [0.25, 0.3) is 0 Å². The molecule has 1 N–H and O–H groups in total. The predicted octanol–water partition coefficient (Wildman–Crippen LogP) is 2.36. The number of anilines is 1. The molecule has 2 aromatic rings. The number of nitrogens with one attached hydrogen (secondary N) is 1. The van der Waals surface area contributed by atoms with E-state index in [1.54, 1.807) is 16.0 Å². The Morgan fingerprint density at radius 2 is 2.41 bits per heavy atom. The number of carbonyl (C=O) groups is 1. The van der Waals surface area contributed by atoms with Crippen molar-refractivity contribution >= 4 is 23.1 Å². The van der Waals surface area contributed by atoms with Gasteiger partial charge in [0.15, 0.2) is 0 Å². The minimum absolute atomic E-state index is 0.0270. The molecule has 0 aliphatic carbocycles. The largest absolute Gasteiger partial charge is 0.311 e. The molecule has 2 rings (SSSR count). The van der Waals surface area contributed by atoms with Gasteiger partial charge in [-0.05, 0) is 35.7 Å². The first kappa shape index (κ1) is 11.9. The predicted molar refractivity (Wildman–Crippen MR) is 69.2 cm³/mol. The first-order chi connectivity index (χ1) is 8.15. The highest BCUT2D eigenvalue weighted by Gasteiger charge is 2.07. The standard InChI is InChI=1S/C12H15N3OS/c1-9-7-11(15(2)14-9)13-12(16)4-3-10-5-6-17-8-10/h5-8H,3-4H2,1-2H3,(H,13,16). The Hall–Kier alpha value is -1.62. The second-order valence-electron chi connectivity index (χ2n) is 3.97. The van der Waals surface area contributed by atoms with E-state index in [0.717, 1.165) is 17.9 Å². The Kier molecular flexibility index (Phi) is 3.58. The van der Waals surface area contributed by atoms with Crippen molar-refractivity contribution in [3.63, 3.8) is 0 Å². The second kappa shape index (κ2) is 5.14. The lowest BCUT2D eigenvalue weighted by Crippen LogP contribution is -2.14. The Labute approximate surface area is 104 Å². The van der Waals surface area contributed by atoms with Crippen molar-refractivity contribution in [3.05, 3.63) is 34.2 Å². The van der Waals surface area contributed by atoms with E-state index in [1.165, 1.54) is 5.56 Å². The van der Waals surface area contributed by atoms with Crippen LogP contribution in [-0.4, -0.2) is 15.7 Å². The molecule has 0 bridgehead atoms. The Morgan fingerprint density at radius 3 is 3.00 bits per heavy atom. The molecule has 0 aromatic carbocycles. The van der Waals surface area contributed by atoms with E-state index in [1.807, 2.05) is 31.5 Å². The quantitative estimate of drug-likeness (QED) is 0.904. The molecule has 4 nitrogen and oxygen atoms in total. The summed E-state index contributed by atoms with van der Waals surface area (Å²) in [6.07, 6.45) is 1.28. The molecule has 5 heteroatoms. The molecule has 2 aromatic heterocycles. The average molecular weight is 249 g/mol. The van der Waals surface area contributed by atoms with E-state index >= 15 is 0 Å². The number of aromatic nitrogens is 2. The first-order valence-corrected chi connectivity index (χ1v) is 6.41. The fraction of sp³-hybridized carbons (Fsp3) is 0.333. The third kappa shape index (κ3) is 3.17. The van der Waals surface area contributed by atoms with Crippen molar-refractivity contribution in [3.8, 4) is 0 Å². The average Bonchev–Trinajstić information content (AvgIpc) is 2.87. The smallest absolute Gasteiger partial charge is 0.225 e. The van der Waals surface area contributed by atoms with Gasteiger partial charge in [-0.15, -0.1) is 0 Å². The molecule has 0 spiro atoms. The summed E-state index contributed by atoms with van der Waals surface area (Å²) < 4.78 is 1.68. The zero-order valence-corrected chi connectivity index (χ0v) is 10.8. The maximum atomic E-state index is 11.7. The normalized spacial score (nSPS) is 10.5. The SMILES string of the molecule is Cc1cc(NC(=O)CCc2ccsc2)n(C)n1. The van der Waals surface area contributed by atoms with E-state index in [4.69, 9.17) is 0 Å². The lowest BCUT2D eigenvalue weighted by atomic mass is 10.2. The molecule has 0 fully saturated rings. The zero-order valence-electron chi connectivity index (χ0n) is 9.93. The van der Waals surface area contributed by atoms with Crippen molar-refractivity contribution < 1.29 is 4.79 Å². The topological polar surface area (TPSA) is 46.9 Å². The van der Waals surface area contributed by atoms with Crippen LogP contribution in [0, 0.1) is 6.92 Å². The van der Waals surface area contributed by atoms with Gasteiger partial charge in [-0.25, -0.2) is 0 Å². The summed E-state index contributed by atoms with van der Waals surface area (Å²) in [6, 6.07) is 3.91. The molecule has 90 valence electrons. The highest BCUT2D eigenvalue weighted by Crippen LogP contribution is 2.11. The maximum absolute atomic E-state index is 11.7. The van der Waals surface area contributed by atoms with Crippen molar-refractivity contribution in [1.82, 2.24) is 9.78 Å². The number of nitrogens with zero attached hydrogens (tertiary/aromatic N) is 2. The molecule has 0 saturated heterocycles. The molecule has 0 aliphatic rings. The molecular weight excluding hydrogens is 234 g/mol. The Morgan fingerprint density at radius 1 is 1.59 bits per heavy atom. The second-order valence-corrected chi connectivity index (χ2v) is 4.75. The molecule has 2 heterocycles. The molecule has 1 amide bonds. The molecule has 0 saturated carbocycles. The van der Waals surface area contributed by atoms with Gasteiger partial charge in [0.1, 0.15) is 5.82 Å². The van der Waals surface area contributed by atoms with Crippen LogP contribution in [0.3, 0.4) is 0 Å². The molecular formula is C12H15N3OS. The summed E-state index contributed by atoms with van der Waals surface area (Å²) in [6.45, 7) is 1.90. The number of rotatable bonds is 4. The summed E-state index contributed by atoms with van der Waals surface area (Å²) in [7, 11) is 1.82. The van der Waals surface area contributed by atoms with Crippen LogP contribution in [0.5, 0.6) is 0 Å². The van der Waals surface area contributed by atoms with Crippen LogP contribution in [0.4, 0.5) is 5.82 Å². The maximum Gasteiger partial charge on any atom is 0.225 e. The van der Waals surface area contributed by atoms with Gasteiger partial charge in [-0.1, -0.05) is 0 Å². The molecule has 17 heavy (non-hydrogen) atoms. The van der Waals surface area contributed by atoms with Crippen molar-refractivity contribution in [1.29, 1.82) is 0 Å². The minimum Gasteiger partial charge on any atom is -0.311 e. The summed E-state index contributed by atoms with van der Waals surface area (Å²) in [5, 5.41) is 11.1. The monoisotopic (exact) mass is 249 g/mol. The van der Waals surface area contributed by atoms with Gasteiger partial charge >= 0.3 is 0 Å². The third-order valence-electron chi connectivity index (χ3n) is 2.49. The van der Waals surface area contributed by atoms with Crippen LogP contribution < -0.4 is 5.32 Å². The number of hydrogen-bond acceptors (Lipinski definition) is 3. The Balaban J connectivity index is 1.87. The van der Waals surface area contributed by atoms with E-state index in [9.17, 15) is 4.79 Å². The van der Waals surface area contributed by atoms with Gasteiger partial charge in [-0.3, -0.25) is 9.48 Å². The van der Waals surface area contributed by atoms with E-state index in [-0.39, 0.29) is 5.91 Å². The summed E-state index contributed by atoms with van der Waals surface area (Å²) in [5.74, 6) is 0.775. The van der Waals surface area contributed by atoms with Crippen LogP contribution >= 0.6 is 11.3 Å². The lowest BCUT2D eigenvalue weighted by molar-refractivity contribution is -0.116. The van der Waals surface area contributed by atoms with Crippen LogP contribution in [0.2, 0.25) is 0 Å². The fourth-order valence-electron chi connectivity index (χ4n) is 1.63. The number of hydrogen-bond donors (Lipinski definition) is 1. The fourth-order valence-corrected chi connectivity index (χ4v) is 2.33. The van der Waals surface area contributed by atoms with Gasteiger partial charge in [-0.2, -0.15) is 16.4 Å². The summed E-state index contributed by atoms with van der Waals surface area (Å²) >= 11 is 1.66. The van der Waals surface area contributed by atoms with E-state index in [0.29, 0.717) is 6.42 Å². The van der Waals surface area contributed by atoms with Crippen LogP contribution in [0.15, 0.2) is 22.9 Å². The zero-order chi connectivity index (χ0) is 12.3. The van der Waals surface area contributed by atoms with Crippen LogP contribution in [0.25, 0.3) is 0 Å². The Bertz CT molecular complexity index is 502. The molecule has 0 radical (unpaired) electrons. The number of amides is 1. The van der Waals surface area contributed by atoms with Crippen molar-refractivity contribution in [2.24, 2.45) is 7.05 Å². The number of aryl methyl sites for hydroxylation is 3. The molecule has 0 atom stereocenters. The minimum atomic E-state index is 0.0270.